The monoisotopic (exact) mass is 454 g/mol. The largest absolute Gasteiger partial charge is 0.362 e. The third-order valence-corrected chi connectivity index (χ3v) is 7.24. The molecule has 0 unspecified atom stereocenters. The SMILES string of the molecule is CSc1ncccc1C(=O)NC[C@H]1CC[C@@H](Nc2nc3c(c(N(C)C)n2)CCCC3)CC1. The zero-order valence-electron chi connectivity index (χ0n) is 19.4. The van der Waals surface area contributed by atoms with Crippen molar-refractivity contribution in [3.05, 3.63) is 35.2 Å². The van der Waals surface area contributed by atoms with Gasteiger partial charge in [0.15, 0.2) is 0 Å². The summed E-state index contributed by atoms with van der Waals surface area (Å²) in [5.74, 6) is 2.32. The van der Waals surface area contributed by atoms with Gasteiger partial charge in [-0.25, -0.2) is 9.97 Å². The topological polar surface area (TPSA) is 83.0 Å². The molecule has 8 heteroatoms. The summed E-state index contributed by atoms with van der Waals surface area (Å²) in [7, 11) is 4.13. The van der Waals surface area contributed by atoms with Crippen molar-refractivity contribution in [1.82, 2.24) is 20.3 Å². The molecule has 2 aliphatic rings. The minimum Gasteiger partial charge on any atom is -0.362 e. The fourth-order valence-electron chi connectivity index (χ4n) is 4.76. The van der Waals surface area contributed by atoms with Crippen molar-refractivity contribution in [1.29, 1.82) is 0 Å². The van der Waals surface area contributed by atoms with Crippen molar-refractivity contribution in [2.24, 2.45) is 5.92 Å². The summed E-state index contributed by atoms with van der Waals surface area (Å²) in [6.45, 7) is 0.717. The summed E-state index contributed by atoms with van der Waals surface area (Å²) in [6.07, 6.45) is 12.6. The van der Waals surface area contributed by atoms with Gasteiger partial charge >= 0.3 is 0 Å². The minimum atomic E-state index is -0.0265. The van der Waals surface area contributed by atoms with Gasteiger partial charge in [-0.3, -0.25) is 4.79 Å². The maximum absolute atomic E-state index is 12.6. The minimum absolute atomic E-state index is 0.0265. The quantitative estimate of drug-likeness (QED) is 0.613. The number of nitrogens with zero attached hydrogens (tertiary/aromatic N) is 4. The second kappa shape index (κ2) is 10.5. The van der Waals surface area contributed by atoms with Crippen molar-refractivity contribution >= 4 is 29.4 Å². The van der Waals surface area contributed by atoms with Gasteiger partial charge in [-0.15, -0.1) is 11.8 Å². The van der Waals surface area contributed by atoms with E-state index >= 15 is 0 Å². The Hall–Kier alpha value is -2.35. The van der Waals surface area contributed by atoms with Crippen LogP contribution in [0.25, 0.3) is 0 Å². The number of pyridine rings is 1. The fourth-order valence-corrected chi connectivity index (χ4v) is 5.31. The van der Waals surface area contributed by atoms with Gasteiger partial charge in [0.25, 0.3) is 5.91 Å². The predicted octanol–water partition coefficient (Wildman–Crippen LogP) is 3.94. The van der Waals surface area contributed by atoms with Gasteiger partial charge in [-0.05, 0) is 75.7 Å². The number of aryl methyl sites for hydroxylation is 1. The van der Waals surface area contributed by atoms with Gasteiger partial charge in [-0.2, -0.15) is 4.98 Å². The Morgan fingerprint density at radius 2 is 1.94 bits per heavy atom. The molecule has 0 bridgehead atoms. The average Bonchev–Trinajstić information content (AvgIpc) is 2.82. The summed E-state index contributed by atoms with van der Waals surface area (Å²) in [5.41, 5.74) is 3.20. The van der Waals surface area contributed by atoms with Crippen molar-refractivity contribution in [3.8, 4) is 0 Å². The number of rotatable bonds is 7. The van der Waals surface area contributed by atoms with Crippen molar-refractivity contribution in [2.45, 2.75) is 62.4 Å². The van der Waals surface area contributed by atoms with Crippen LogP contribution in [0, 0.1) is 5.92 Å². The molecular weight excluding hydrogens is 420 g/mol. The van der Waals surface area contributed by atoms with Crippen molar-refractivity contribution < 1.29 is 4.79 Å². The number of thioether (sulfide) groups is 1. The molecule has 2 aromatic rings. The van der Waals surface area contributed by atoms with E-state index in [1.807, 2.05) is 18.4 Å². The van der Waals surface area contributed by atoms with Gasteiger partial charge in [0.2, 0.25) is 5.95 Å². The highest BCUT2D eigenvalue weighted by molar-refractivity contribution is 7.98. The summed E-state index contributed by atoms with van der Waals surface area (Å²) in [4.78, 5) is 28.7. The molecule has 1 amide bonds. The van der Waals surface area contributed by atoms with Crippen LogP contribution in [0.5, 0.6) is 0 Å². The van der Waals surface area contributed by atoms with E-state index < -0.39 is 0 Å². The Balaban J connectivity index is 1.30. The maximum Gasteiger partial charge on any atom is 0.254 e. The molecule has 4 rings (SSSR count). The van der Waals surface area contributed by atoms with Crippen LogP contribution < -0.4 is 15.5 Å². The molecule has 0 atom stereocenters. The summed E-state index contributed by atoms with van der Waals surface area (Å²) in [6, 6.07) is 4.05. The maximum atomic E-state index is 12.6. The molecule has 7 nitrogen and oxygen atoms in total. The van der Waals surface area contributed by atoms with Crippen LogP contribution in [0.4, 0.5) is 11.8 Å². The van der Waals surface area contributed by atoms with E-state index in [4.69, 9.17) is 9.97 Å². The third-order valence-electron chi connectivity index (χ3n) is 6.53. The van der Waals surface area contributed by atoms with E-state index in [2.05, 4.69) is 34.6 Å². The standard InChI is InChI=1S/C24H34N6OS/c1-30(2)21-18-7-4-5-9-20(18)28-24(29-21)27-17-12-10-16(11-13-17)15-26-22(31)19-8-6-14-25-23(19)32-3/h6,8,14,16-17H,4-5,7,9-13,15H2,1-3H3,(H,26,31)(H,27,28,29)/t16-,17+. The van der Waals surface area contributed by atoms with E-state index in [0.717, 1.165) is 55.3 Å². The molecule has 1 saturated carbocycles. The lowest BCUT2D eigenvalue weighted by atomic mass is 9.86. The first-order valence-electron chi connectivity index (χ1n) is 11.7. The highest BCUT2D eigenvalue weighted by Crippen LogP contribution is 2.30. The molecule has 0 radical (unpaired) electrons. The molecule has 32 heavy (non-hydrogen) atoms. The zero-order valence-corrected chi connectivity index (χ0v) is 20.2. The molecule has 0 aliphatic heterocycles. The van der Waals surface area contributed by atoms with Crippen LogP contribution in [0.15, 0.2) is 23.4 Å². The Kier molecular flexibility index (Phi) is 7.50. The smallest absolute Gasteiger partial charge is 0.254 e. The fraction of sp³-hybridized carbons (Fsp3) is 0.583. The van der Waals surface area contributed by atoms with Crippen LogP contribution >= 0.6 is 11.8 Å². The number of anilines is 2. The molecule has 172 valence electrons. The van der Waals surface area contributed by atoms with Crippen LogP contribution in [-0.2, 0) is 12.8 Å². The number of fused-ring (bicyclic) bond motifs is 1. The van der Waals surface area contributed by atoms with E-state index in [1.54, 1.807) is 6.20 Å². The van der Waals surface area contributed by atoms with E-state index in [-0.39, 0.29) is 5.91 Å². The third kappa shape index (κ3) is 5.34. The number of nitrogens with one attached hydrogen (secondary N) is 2. The first kappa shape index (κ1) is 22.8. The zero-order chi connectivity index (χ0) is 22.5. The average molecular weight is 455 g/mol. The molecule has 0 spiro atoms. The van der Waals surface area contributed by atoms with Crippen LogP contribution in [0.2, 0.25) is 0 Å². The molecule has 0 saturated heterocycles. The van der Waals surface area contributed by atoms with E-state index in [9.17, 15) is 4.79 Å². The molecule has 2 aromatic heterocycles. The Morgan fingerprint density at radius 1 is 1.16 bits per heavy atom. The van der Waals surface area contributed by atoms with Gasteiger partial charge in [0.05, 0.1) is 11.3 Å². The normalized spacial score (nSPS) is 20.3. The molecule has 2 aliphatic carbocycles. The first-order valence-corrected chi connectivity index (χ1v) is 12.9. The Bertz CT molecular complexity index is 942. The highest BCUT2D eigenvalue weighted by Gasteiger charge is 2.24. The highest BCUT2D eigenvalue weighted by atomic mass is 32.2. The summed E-state index contributed by atoms with van der Waals surface area (Å²) >= 11 is 1.50. The van der Waals surface area contributed by atoms with Gasteiger partial charge < -0.3 is 15.5 Å². The lowest BCUT2D eigenvalue weighted by molar-refractivity contribution is 0.0939. The second-order valence-corrected chi connectivity index (χ2v) is 9.82. The molecule has 1 fully saturated rings. The number of hydrogen-bond acceptors (Lipinski definition) is 7. The van der Waals surface area contributed by atoms with Gasteiger partial charge in [-0.1, -0.05) is 0 Å². The van der Waals surface area contributed by atoms with E-state index in [0.29, 0.717) is 24.1 Å². The van der Waals surface area contributed by atoms with Crippen LogP contribution in [-0.4, -0.2) is 53.8 Å². The number of aromatic nitrogens is 3. The predicted molar refractivity (Wildman–Crippen MR) is 131 cm³/mol. The van der Waals surface area contributed by atoms with Crippen molar-refractivity contribution in [2.75, 3.05) is 37.1 Å². The Morgan fingerprint density at radius 3 is 2.69 bits per heavy atom. The van der Waals surface area contributed by atoms with Crippen LogP contribution in [0.3, 0.4) is 0 Å². The first-order chi connectivity index (χ1) is 15.5. The Labute approximate surface area is 195 Å². The van der Waals surface area contributed by atoms with E-state index in [1.165, 1.54) is 35.9 Å². The molecule has 2 heterocycles. The number of carbonyl (C=O) groups is 1. The van der Waals surface area contributed by atoms with Gasteiger partial charge in [0, 0.05) is 38.4 Å². The summed E-state index contributed by atoms with van der Waals surface area (Å²) < 4.78 is 0. The lowest BCUT2D eigenvalue weighted by Crippen LogP contribution is -2.34. The van der Waals surface area contributed by atoms with Crippen molar-refractivity contribution in [3.63, 3.8) is 0 Å². The lowest BCUT2D eigenvalue weighted by Gasteiger charge is -2.30. The second-order valence-electron chi connectivity index (χ2n) is 9.03. The number of carbonyl (C=O) groups excluding carboxylic acids is 1. The van der Waals surface area contributed by atoms with Gasteiger partial charge in [0.1, 0.15) is 10.8 Å². The number of hydrogen-bond donors (Lipinski definition) is 2. The molecule has 2 N–H and O–H groups in total. The van der Waals surface area contributed by atoms with Crippen LogP contribution in [0.1, 0.15) is 60.1 Å². The summed E-state index contributed by atoms with van der Waals surface area (Å²) in [5, 5.41) is 7.50. The molecular formula is C24H34N6OS. The molecule has 0 aromatic carbocycles. The number of amides is 1.